The summed E-state index contributed by atoms with van der Waals surface area (Å²) >= 11 is 1.11. The van der Waals surface area contributed by atoms with Crippen molar-refractivity contribution in [2.45, 2.75) is 27.7 Å². The van der Waals surface area contributed by atoms with Gasteiger partial charge in [-0.2, -0.15) is 24.3 Å². The van der Waals surface area contributed by atoms with Crippen molar-refractivity contribution in [3.05, 3.63) is 82.9 Å². The van der Waals surface area contributed by atoms with Gasteiger partial charge in [-0.25, -0.2) is 0 Å². The molecule has 0 fully saturated rings. The Hall–Kier alpha value is -1.25. The zero-order valence-corrected chi connectivity index (χ0v) is 19.4. The van der Waals surface area contributed by atoms with Crippen molar-refractivity contribution in [1.29, 1.82) is 0 Å². The fourth-order valence-electron chi connectivity index (χ4n) is 3.07. The Morgan fingerprint density at radius 1 is 0.583 bits per heavy atom. The van der Waals surface area contributed by atoms with Crippen molar-refractivity contribution in [1.82, 2.24) is 0 Å². The number of aryl methyl sites for hydroxylation is 4. The second kappa shape index (κ2) is 8.73. The zero-order valence-electron chi connectivity index (χ0n) is 14.8. The number of rotatable bonds is 0. The van der Waals surface area contributed by atoms with Crippen LogP contribution in [0.5, 0.6) is 0 Å². The topological polar surface area (TPSA) is 0 Å². The van der Waals surface area contributed by atoms with Gasteiger partial charge >= 0.3 is 29.9 Å². The van der Waals surface area contributed by atoms with Crippen LogP contribution in [0.4, 0.5) is 0 Å². The van der Waals surface area contributed by atoms with E-state index in [1.165, 1.54) is 43.8 Å². The van der Waals surface area contributed by atoms with Gasteiger partial charge in [0.1, 0.15) is 0 Å². The second-order valence-corrected chi connectivity index (χ2v) is 6.10. The molecule has 2 radical (unpaired) electrons. The first-order chi connectivity index (χ1) is 11.6. The predicted molar refractivity (Wildman–Crippen MR) is 104 cm³/mol. The van der Waals surface area contributed by atoms with Crippen LogP contribution in [-0.4, -0.2) is 6.94 Å². The van der Waals surface area contributed by atoms with Crippen molar-refractivity contribution in [3.63, 3.8) is 0 Å². The van der Waals surface area contributed by atoms with Crippen molar-refractivity contribution in [3.8, 4) is 0 Å². The van der Waals surface area contributed by atoms with Gasteiger partial charge < -0.3 is 0 Å². The number of fused-ring (bicyclic) bond motifs is 2. The standard InChI is InChI=1S/2C11H11.Hf.Si/c2*1-8-6-7-9(2)11-5-3-4-10(8)11;;/h2*3-7H,1-2H3;;/q2*-1;+2;. The second-order valence-electron chi connectivity index (χ2n) is 6.10. The molecule has 0 aliphatic rings. The molecule has 0 aliphatic carbocycles. The first kappa shape index (κ1) is 19.1. The number of benzene rings is 2. The van der Waals surface area contributed by atoms with Gasteiger partial charge in [0, 0.05) is 0 Å². The summed E-state index contributed by atoms with van der Waals surface area (Å²) in [6.07, 6.45) is 0. The SMILES string of the molecule is Cc1ccc(C)c2[cH-]ccc12.Cc1ccc(C)c2[cH-]ccc12.[Si]=[Hf+2]. The molecule has 0 aromatic heterocycles. The van der Waals surface area contributed by atoms with Crippen LogP contribution >= 0.6 is 0 Å². The molecule has 0 atom stereocenters. The maximum atomic E-state index is 3.11. The molecule has 4 aromatic carbocycles. The van der Waals surface area contributed by atoms with Crippen LogP contribution in [0.3, 0.4) is 0 Å². The molecule has 0 spiro atoms. The van der Waals surface area contributed by atoms with E-state index in [0.29, 0.717) is 0 Å². The molecule has 0 saturated heterocycles. The van der Waals surface area contributed by atoms with E-state index in [9.17, 15) is 0 Å². The van der Waals surface area contributed by atoms with E-state index in [-0.39, 0.29) is 0 Å². The molecule has 0 nitrogen and oxygen atoms in total. The molecule has 0 heterocycles. The van der Waals surface area contributed by atoms with Crippen LogP contribution in [-0.2, 0) is 23.0 Å². The monoisotopic (exact) mass is 494 g/mol. The maximum absolute atomic E-state index is 3.11. The minimum absolute atomic E-state index is 1.11. The molecule has 0 saturated carbocycles. The third kappa shape index (κ3) is 4.04. The van der Waals surface area contributed by atoms with Crippen molar-refractivity contribution >= 4 is 28.5 Å². The fraction of sp³-hybridized carbons (Fsp3) is 0.182. The van der Waals surface area contributed by atoms with Crippen LogP contribution in [0, 0.1) is 27.7 Å². The van der Waals surface area contributed by atoms with E-state index in [1.54, 1.807) is 0 Å². The molecule has 4 rings (SSSR count). The molecule has 0 bridgehead atoms. The first-order valence-electron chi connectivity index (χ1n) is 8.06. The Morgan fingerprint density at radius 2 is 0.917 bits per heavy atom. The van der Waals surface area contributed by atoms with Crippen LogP contribution < -0.4 is 0 Å². The molecule has 0 N–H and O–H groups in total. The van der Waals surface area contributed by atoms with Crippen LogP contribution in [0.25, 0.3) is 21.5 Å². The third-order valence-corrected chi connectivity index (χ3v) is 4.50. The summed E-state index contributed by atoms with van der Waals surface area (Å²) in [6.45, 7) is 11.7. The van der Waals surface area contributed by atoms with Crippen LogP contribution in [0.15, 0.2) is 60.7 Å². The summed E-state index contributed by atoms with van der Waals surface area (Å²) < 4.78 is 0. The van der Waals surface area contributed by atoms with E-state index in [1.807, 2.05) is 0 Å². The van der Waals surface area contributed by atoms with Gasteiger partial charge in [-0.05, 0) is 13.8 Å². The molecule has 0 aliphatic heterocycles. The zero-order chi connectivity index (χ0) is 17.7. The Morgan fingerprint density at radius 3 is 1.25 bits per heavy atom. The van der Waals surface area contributed by atoms with Crippen molar-refractivity contribution in [2.24, 2.45) is 0 Å². The third-order valence-electron chi connectivity index (χ3n) is 4.50. The minimum atomic E-state index is 1.11. The Bertz CT molecular complexity index is 793. The van der Waals surface area contributed by atoms with Crippen LogP contribution in [0.1, 0.15) is 22.3 Å². The van der Waals surface area contributed by atoms with Gasteiger partial charge in [-0.15, -0.1) is 56.9 Å². The fourth-order valence-corrected chi connectivity index (χ4v) is 3.07. The molecule has 2 heteroatoms. The summed E-state index contributed by atoms with van der Waals surface area (Å²) in [5, 5.41) is 5.57. The molecule has 4 aromatic rings. The quantitative estimate of drug-likeness (QED) is 0.210. The summed E-state index contributed by atoms with van der Waals surface area (Å²) in [5.41, 5.74) is 5.48. The van der Waals surface area contributed by atoms with Gasteiger partial charge in [0.25, 0.3) is 0 Å². The Kier molecular flexibility index (Phi) is 6.94. The van der Waals surface area contributed by atoms with E-state index in [0.717, 1.165) is 23.0 Å². The van der Waals surface area contributed by atoms with Crippen molar-refractivity contribution < 1.29 is 23.0 Å². The molecular formula is C22H22HfSi. The number of hydrogen-bond acceptors (Lipinski definition) is 0. The van der Waals surface area contributed by atoms with Crippen molar-refractivity contribution in [2.75, 3.05) is 0 Å². The van der Waals surface area contributed by atoms with E-state index in [2.05, 4.69) is 95.3 Å². The molecule has 24 heavy (non-hydrogen) atoms. The van der Waals surface area contributed by atoms with Crippen LogP contribution in [0.2, 0.25) is 0 Å². The van der Waals surface area contributed by atoms with Gasteiger partial charge in [0.05, 0.1) is 0 Å². The van der Waals surface area contributed by atoms with E-state index < -0.39 is 0 Å². The summed E-state index contributed by atoms with van der Waals surface area (Å²) in [4.78, 5) is 0. The van der Waals surface area contributed by atoms with Gasteiger partial charge in [-0.1, -0.05) is 37.1 Å². The summed E-state index contributed by atoms with van der Waals surface area (Å²) in [7, 11) is 0. The predicted octanol–water partition coefficient (Wildman–Crippen LogP) is 5.97. The first-order valence-corrected chi connectivity index (χ1v) is 13.9. The molecule has 0 unspecified atom stereocenters. The van der Waals surface area contributed by atoms with E-state index in [4.69, 9.17) is 0 Å². The molecular weight excluding hydrogens is 471 g/mol. The molecule has 118 valence electrons. The molecule has 0 amide bonds. The Labute approximate surface area is 161 Å². The van der Waals surface area contributed by atoms with Gasteiger partial charge in [0.15, 0.2) is 0 Å². The average molecular weight is 493 g/mol. The van der Waals surface area contributed by atoms with Gasteiger partial charge in [0.2, 0.25) is 0 Å². The number of hydrogen-bond donors (Lipinski definition) is 0. The van der Waals surface area contributed by atoms with E-state index >= 15 is 0 Å². The van der Waals surface area contributed by atoms with Gasteiger partial charge in [-0.3, -0.25) is 0 Å². The summed E-state index contributed by atoms with van der Waals surface area (Å²) in [5.74, 6) is 0. The average Bonchev–Trinajstić information content (AvgIpc) is 3.27. The summed E-state index contributed by atoms with van der Waals surface area (Å²) in [6, 6.07) is 21.7. The normalized spacial score (nSPS) is 10.1. The Balaban J connectivity index is 0.000000158.